The van der Waals surface area contributed by atoms with Crippen LogP contribution in [0.1, 0.15) is 44.6 Å². The number of imide groups is 1. The quantitative estimate of drug-likeness (QED) is 0.774. The largest absolute Gasteiger partial charge is 0.354 e. The third-order valence-electron chi connectivity index (χ3n) is 5.30. The van der Waals surface area contributed by atoms with Crippen molar-refractivity contribution in [2.75, 3.05) is 13.1 Å². The van der Waals surface area contributed by atoms with Crippen LogP contribution in [0, 0.1) is 5.92 Å². The van der Waals surface area contributed by atoms with E-state index in [1.54, 1.807) is 31.2 Å². The van der Waals surface area contributed by atoms with Crippen LogP contribution in [0.15, 0.2) is 24.3 Å². The molecule has 0 bridgehead atoms. The fourth-order valence-electron chi connectivity index (χ4n) is 3.74. The average Bonchev–Trinajstić information content (AvgIpc) is 2.85. The van der Waals surface area contributed by atoms with Crippen LogP contribution in [-0.4, -0.2) is 35.8 Å². The molecule has 0 radical (unpaired) electrons. The monoisotopic (exact) mass is 377 g/mol. The van der Waals surface area contributed by atoms with Gasteiger partial charge in [-0.25, -0.2) is 4.79 Å². The molecular formula is C19H24ClN3O3. The average molecular weight is 378 g/mol. The molecule has 2 fully saturated rings. The Balaban J connectivity index is 1.63. The lowest BCUT2D eigenvalue weighted by molar-refractivity contribution is -0.134. The van der Waals surface area contributed by atoms with Crippen molar-refractivity contribution in [3.8, 4) is 0 Å². The number of carbonyl (C=O) groups excluding carboxylic acids is 3. The molecule has 1 saturated heterocycles. The number of urea groups is 1. The fourth-order valence-corrected chi connectivity index (χ4v) is 4.06. The molecule has 1 saturated carbocycles. The van der Waals surface area contributed by atoms with E-state index in [0.29, 0.717) is 23.0 Å². The lowest BCUT2D eigenvalue weighted by Gasteiger charge is -2.24. The Morgan fingerprint density at radius 2 is 1.96 bits per heavy atom. The Morgan fingerprint density at radius 3 is 2.65 bits per heavy atom. The Bertz CT molecular complexity index is 718. The first-order chi connectivity index (χ1) is 12.4. The van der Waals surface area contributed by atoms with Crippen LogP contribution in [-0.2, 0) is 15.1 Å². The minimum absolute atomic E-state index is 0.280. The van der Waals surface area contributed by atoms with E-state index in [2.05, 4.69) is 10.6 Å². The summed E-state index contributed by atoms with van der Waals surface area (Å²) in [5, 5.41) is 5.93. The highest BCUT2D eigenvalue weighted by Gasteiger charge is 2.50. The predicted octanol–water partition coefficient (Wildman–Crippen LogP) is 2.80. The molecule has 4 amide bonds. The highest BCUT2D eigenvalue weighted by atomic mass is 35.5. The van der Waals surface area contributed by atoms with Crippen LogP contribution in [0.4, 0.5) is 4.79 Å². The number of halogens is 1. The summed E-state index contributed by atoms with van der Waals surface area (Å²) in [5.74, 6) is -0.296. The molecule has 1 atom stereocenters. The van der Waals surface area contributed by atoms with Gasteiger partial charge in [-0.3, -0.25) is 14.5 Å². The van der Waals surface area contributed by atoms with Crippen molar-refractivity contribution in [1.82, 2.24) is 15.5 Å². The first-order valence-electron chi connectivity index (χ1n) is 9.07. The first-order valence-corrected chi connectivity index (χ1v) is 9.45. The third kappa shape index (κ3) is 3.70. The molecule has 6 nitrogen and oxygen atoms in total. The summed E-state index contributed by atoms with van der Waals surface area (Å²) in [6, 6.07) is 6.30. The molecule has 1 aliphatic carbocycles. The van der Waals surface area contributed by atoms with Crippen LogP contribution in [0.3, 0.4) is 0 Å². The van der Waals surface area contributed by atoms with Gasteiger partial charge >= 0.3 is 6.03 Å². The summed E-state index contributed by atoms with van der Waals surface area (Å²) in [7, 11) is 0. The molecule has 140 valence electrons. The van der Waals surface area contributed by atoms with Crippen molar-refractivity contribution in [2.24, 2.45) is 5.92 Å². The Labute approximate surface area is 158 Å². The van der Waals surface area contributed by atoms with Gasteiger partial charge in [-0.15, -0.1) is 0 Å². The summed E-state index contributed by atoms with van der Waals surface area (Å²) in [5.41, 5.74) is -0.746. The van der Waals surface area contributed by atoms with Crippen molar-refractivity contribution >= 4 is 29.4 Å². The Hall–Kier alpha value is -2.08. The number of carbonyl (C=O) groups is 3. The van der Waals surface area contributed by atoms with E-state index < -0.39 is 17.5 Å². The lowest BCUT2D eigenvalue weighted by Crippen LogP contribution is -2.44. The van der Waals surface area contributed by atoms with E-state index in [0.717, 1.165) is 17.7 Å². The van der Waals surface area contributed by atoms with Crippen molar-refractivity contribution in [1.29, 1.82) is 0 Å². The maximum Gasteiger partial charge on any atom is 0.325 e. The van der Waals surface area contributed by atoms with E-state index >= 15 is 0 Å². The number of hydrogen-bond donors (Lipinski definition) is 2. The van der Waals surface area contributed by atoms with E-state index in [1.165, 1.54) is 19.3 Å². The summed E-state index contributed by atoms with van der Waals surface area (Å²) in [6.45, 7) is 1.93. The molecule has 1 heterocycles. The van der Waals surface area contributed by atoms with Gasteiger partial charge < -0.3 is 10.6 Å². The van der Waals surface area contributed by atoms with Crippen molar-refractivity contribution < 1.29 is 14.4 Å². The second-order valence-electron chi connectivity index (χ2n) is 7.23. The number of rotatable bonds is 5. The Kier molecular flexibility index (Phi) is 5.51. The molecule has 2 aliphatic rings. The molecule has 3 rings (SSSR count). The normalized spacial score (nSPS) is 23.8. The summed E-state index contributed by atoms with van der Waals surface area (Å²) < 4.78 is 0. The first kappa shape index (κ1) is 18.7. The summed E-state index contributed by atoms with van der Waals surface area (Å²) in [6.07, 6.45) is 5.89. The molecule has 26 heavy (non-hydrogen) atoms. The highest BCUT2D eigenvalue weighted by molar-refractivity contribution is 6.32. The second kappa shape index (κ2) is 7.66. The van der Waals surface area contributed by atoms with Gasteiger partial charge in [0.15, 0.2) is 0 Å². The van der Waals surface area contributed by atoms with Crippen molar-refractivity contribution in [3.63, 3.8) is 0 Å². The molecule has 1 aromatic rings. The molecule has 0 spiro atoms. The number of nitrogens with zero attached hydrogens (tertiary/aromatic N) is 1. The number of nitrogens with one attached hydrogen (secondary N) is 2. The molecule has 0 aromatic heterocycles. The van der Waals surface area contributed by atoms with Crippen LogP contribution < -0.4 is 10.6 Å². The number of benzene rings is 1. The van der Waals surface area contributed by atoms with E-state index in [9.17, 15) is 14.4 Å². The van der Waals surface area contributed by atoms with Gasteiger partial charge in [0.1, 0.15) is 12.1 Å². The smallest absolute Gasteiger partial charge is 0.325 e. The van der Waals surface area contributed by atoms with Crippen LogP contribution in [0.2, 0.25) is 5.02 Å². The summed E-state index contributed by atoms with van der Waals surface area (Å²) >= 11 is 6.19. The molecule has 7 heteroatoms. The molecular weight excluding hydrogens is 354 g/mol. The molecule has 2 N–H and O–H groups in total. The van der Waals surface area contributed by atoms with E-state index in [1.807, 2.05) is 0 Å². The number of hydrogen-bond acceptors (Lipinski definition) is 3. The topological polar surface area (TPSA) is 78.5 Å². The van der Waals surface area contributed by atoms with Crippen molar-refractivity contribution in [3.05, 3.63) is 34.9 Å². The minimum Gasteiger partial charge on any atom is -0.354 e. The van der Waals surface area contributed by atoms with Crippen LogP contribution in [0.5, 0.6) is 0 Å². The maximum atomic E-state index is 12.8. The maximum absolute atomic E-state index is 12.8. The van der Waals surface area contributed by atoms with Crippen molar-refractivity contribution in [2.45, 2.75) is 44.6 Å². The summed E-state index contributed by atoms with van der Waals surface area (Å²) in [4.78, 5) is 38.3. The van der Waals surface area contributed by atoms with E-state index in [-0.39, 0.29) is 12.5 Å². The van der Waals surface area contributed by atoms with Gasteiger partial charge in [0.25, 0.3) is 5.91 Å². The van der Waals surface area contributed by atoms with Gasteiger partial charge in [-0.1, -0.05) is 49.1 Å². The van der Waals surface area contributed by atoms with Crippen LogP contribution in [0.25, 0.3) is 0 Å². The SMILES string of the molecule is CC1(c2ccccc2Cl)NC(=O)N(CC(=O)NCC2CCCCC2)C1=O. The Morgan fingerprint density at radius 1 is 1.27 bits per heavy atom. The molecule has 1 unspecified atom stereocenters. The van der Waals surface area contributed by atoms with Gasteiger partial charge in [-0.2, -0.15) is 0 Å². The van der Waals surface area contributed by atoms with Gasteiger partial charge in [-0.05, 0) is 31.7 Å². The van der Waals surface area contributed by atoms with E-state index in [4.69, 9.17) is 11.6 Å². The third-order valence-corrected chi connectivity index (χ3v) is 5.63. The minimum atomic E-state index is -1.26. The predicted molar refractivity (Wildman–Crippen MR) is 98.6 cm³/mol. The zero-order valence-electron chi connectivity index (χ0n) is 14.9. The molecule has 1 aliphatic heterocycles. The number of amides is 4. The fraction of sp³-hybridized carbons (Fsp3) is 0.526. The standard InChI is InChI=1S/C19H24ClN3O3/c1-19(14-9-5-6-10-15(14)20)17(25)23(18(26)22-19)12-16(24)21-11-13-7-3-2-4-8-13/h5-6,9-10,13H,2-4,7-8,11-12H2,1H3,(H,21,24)(H,22,26). The van der Waals surface area contributed by atoms with Gasteiger partial charge in [0.05, 0.1) is 0 Å². The van der Waals surface area contributed by atoms with Crippen LogP contribution >= 0.6 is 11.6 Å². The molecule has 1 aromatic carbocycles. The second-order valence-corrected chi connectivity index (χ2v) is 7.64. The zero-order chi connectivity index (χ0) is 18.7. The zero-order valence-corrected chi connectivity index (χ0v) is 15.6. The lowest BCUT2D eigenvalue weighted by atomic mass is 9.89. The highest BCUT2D eigenvalue weighted by Crippen LogP contribution is 2.33. The van der Waals surface area contributed by atoms with Gasteiger partial charge in [0, 0.05) is 17.1 Å². The van der Waals surface area contributed by atoms with Gasteiger partial charge in [0.2, 0.25) is 5.91 Å².